The van der Waals surface area contributed by atoms with Crippen molar-refractivity contribution in [2.75, 3.05) is 26.4 Å². The molecule has 4 aromatic carbocycles. The summed E-state index contributed by atoms with van der Waals surface area (Å²) in [7, 11) is 0. The van der Waals surface area contributed by atoms with Gasteiger partial charge < -0.3 is 28.4 Å². The summed E-state index contributed by atoms with van der Waals surface area (Å²) in [5, 5.41) is 1.73. The first-order valence-electron chi connectivity index (χ1n) is 14.6. The molecule has 4 rings (SSSR count). The first-order valence-corrected chi connectivity index (χ1v) is 14.6. The van der Waals surface area contributed by atoms with E-state index in [1.54, 1.807) is 13.8 Å². The maximum Gasteiger partial charge on any atom is 0.333 e. The third kappa shape index (κ3) is 9.89. The fourth-order valence-electron chi connectivity index (χ4n) is 4.18. The Labute approximate surface area is 263 Å². The quantitative estimate of drug-likeness (QED) is 0.0986. The van der Waals surface area contributed by atoms with Gasteiger partial charge in [-0.25, -0.2) is 9.59 Å². The summed E-state index contributed by atoms with van der Waals surface area (Å²) >= 11 is 0. The average molecular weight is 611 g/mol. The van der Waals surface area contributed by atoms with E-state index in [9.17, 15) is 9.59 Å². The third-order valence-corrected chi connectivity index (χ3v) is 6.59. The van der Waals surface area contributed by atoms with Crippen molar-refractivity contribution in [3.05, 3.63) is 121 Å². The Bertz CT molecular complexity index is 1610. The van der Waals surface area contributed by atoms with Crippen molar-refractivity contribution in [2.24, 2.45) is 0 Å². The summed E-state index contributed by atoms with van der Waals surface area (Å²) in [6.07, 6.45) is -1.34. The molecule has 0 aromatic heterocycles. The smallest absolute Gasteiger partial charge is 0.333 e. The number of benzene rings is 4. The molecule has 2 unspecified atom stereocenters. The number of hydrogen-bond donors (Lipinski definition) is 0. The summed E-state index contributed by atoms with van der Waals surface area (Å²) in [6.45, 7) is 12.8. The summed E-state index contributed by atoms with van der Waals surface area (Å²) in [4.78, 5) is 24.6. The minimum Gasteiger partial charge on any atom is -0.490 e. The van der Waals surface area contributed by atoms with Gasteiger partial charge in [0.2, 0.25) is 0 Å². The van der Waals surface area contributed by atoms with E-state index in [1.165, 1.54) is 0 Å². The SMILES string of the molecule is C=C(C)C(=O)OC(COc1ccccc1)COc1ccc2c(OCC(COc3ccccc3)OC(=O)C(=C)C)c(C)ccc2c1. The molecule has 234 valence electrons. The summed E-state index contributed by atoms with van der Waals surface area (Å²) < 4.78 is 35.1. The topological polar surface area (TPSA) is 89.5 Å². The lowest BCUT2D eigenvalue weighted by Crippen LogP contribution is -2.31. The Hall–Kier alpha value is -5.24. The van der Waals surface area contributed by atoms with Crippen LogP contribution in [0.5, 0.6) is 23.0 Å². The Morgan fingerprint density at radius 1 is 0.600 bits per heavy atom. The highest BCUT2D eigenvalue weighted by Crippen LogP contribution is 2.32. The number of rotatable bonds is 16. The van der Waals surface area contributed by atoms with E-state index in [0.717, 1.165) is 16.3 Å². The van der Waals surface area contributed by atoms with Crippen LogP contribution in [0.25, 0.3) is 10.8 Å². The van der Waals surface area contributed by atoms with Crippen LogP contribution in [0.4, 0.5) is 0 Å². The van der Waals surface area contributed by atoms with Gasteiger partial charge in [-0.1, -0.05) is 61.7 Å². The number of fused-ring (bicyclic) bond motifs is 1. The fourth-order valence-corrected chi connectivity index (χ4v) is 4.18. The molecule has 0 heterocycles. The molecule has 0 bridgehead atoms. The van der Waals surface area contributed by atoms with Crippen LogP contribution in [0, 0.1) is 6.92 Å². The molecular formula is C37H38O8. The van der Waals surface area contributed by atoms with Crippen molar-refractivity contribution in [3.8, 4) is 23.0 Å². The predicted octanol–water partition coefficient (Wildman–Crippen LogP) is 7.04. The van der Waals surface area contributed by atoms with E-state index in [0.29, 0.717) is 23.0 Å². The number of ether oxygens (including phenoxy) is 6. The molecule has 0 saturated heterocycles. The first kappa shape index (κ1) is 32.7. The Balaban J connectivity index is 1.45. The van der Waals surface area contributed by atoms with E-state index >= 15 is 0 Å². The zero-order valence-corrected chi connectivity index (χ0v) is 25.8. The number of aryl methyl sites for hydroxylation is 1. The maximum absolute atomic E-state index is 12.3. The normalized spacial score (nSPS) is 12.0. The van der Waals surface area contributed by atoms with Gasteiger partial charge >= 0.3 is 11.9 Å². The highest BCUT2D eigenvalue weighted by atomic mass is 16.6. The molecule has 0 spiro atoms. The number of carbonyl (C=O) groups is 2. The van der Waals surface area contributed by atoms with Crippen LogP contribution in [0.2, 0.25) is 0 Å². The van der Waals surface area contributed by atoms with Gasteiger partial charge in [0.15, 0.2) is 12.2 Å². The molecule has 8 heteroatoms. The molecule has 0 N–H and O–H groups in total. The molecule has 0 aliphatic carbocycles. The average Bonchev–Trinajstić information content (AvgIpc) is 3.04. The van der Waals surface area contributed by atoms with Gasteiger partial charge in [-0.2, -0.15) is 0 Å². The number of para-hydroxylation sites is 2. The van der Waals surface area contributed by atoms with Crippen LogP contribution in [-0.4, -0.2) is 50.6 Å². The molecule has 0 aliphatic heterocycles. The minimum absolute atomic E-state index is 0.0707. The Kier molecular flexibility index (Phi) is 11.6. The molecule has 0 fully saturated rings. The zero-order valence-electron chi connectivity index (χ0n) is 25.8. The van der Waals surface area contributed by atoms with Gasteiger partial charge in [-0.3, -0.25) is 0 Å². The van der Waals surface area contributed by atoms with Crippen molar-refractivity contribution >= 4 is 22.7 Å². The molecule has 0 amide bonds. The van der Waals surface area contributed by atoms with E-state index in [2.05, 4.69) is 13.2 Å². The second kappa shape index (κ2) is 16.0. The lowest BCUT2D eigenvalue weighted by molar-refractivity contribution is -0.148. The number of hydrogen-bond acceptors (Lipinski definition) is 8. The summed E-state index contributed by atoms with van der Waals surface area (Å²) in [5.41, 5.74) is 1.49. The van der Waals surface area contributed by atoms with Crippen molar-refractivity contribution in [1.82, 2.24) is 0 Å². The lowest BCUT2D eigenvalue weighted by atomic mass is 10.1. The van der Waals surface area contributed by atoms with Gasteiger partial charge in [0, 0.05) is 16.5 Å². The van der Waals surface area contributed by atoms with Crippen LogP contribution in [0.3, 0.4) is 0 Å². The van der Waals surface area contributed by atoms with Gasteiger partial charge in [-0.15, -0.1) is 0 Å². The second-order valence-corrected chi connectivity index (χ2v) is 10.6. The second-order valence-electron chi connectivity index (χ2n) is 10.6. The highest BCUT2D eigenvalue weighted by Gasteiger charge is 2.20. The van der Waals surface area contributed by atoms with E-state index in [4.69, 9.17) is 28.4 Å². The van der Waals surface area contributed by atoms with Gasteiger partial charge in [0.25, 0.3) is 0 Å². The predicted molar refractivity (Wildman–Crippen MR) is 173 cm³/mol. The summed E-state index contributed by atoms with van der Waals surface area (Å²) in [5.74, 6) is 1.52. The monoisotopic (exact) mass is 610 g/mol. The lowest BCUT2D eigenvalue weighted by Gasteiger charge is -2.21. The zero-order chi connectivity index (χ0) is 32.2. The van der Waals surface area contributed by atoms with Crippen LogP contribution < -0.4 is 18.9 Å². The molecule has 0 saturated carbocycles. The largest absolute Gasteiger partial charge is 0.490 e. The maximum atomic E-state index is 12.3. The Morgan fingerprint density at radius 2 is 1.07 bits per heavy atom. The van der Waals surface area contributed by atoms with Crippen molar-refractivity contribution in [3.63, 3.8) is 0 Å². The van der Waals surface area contributed by atoms with Crippen LogP contribution in [0.1, 0.15) is 19.4 Å². The molecule has 0 aliphatic rings. The standard InChI is InChI=1S/C37H38O8/c1-25(2)36(38)44-32(21-40-29-12-8-6-9-13-29)23-42-31-18-19-34-28(20-31)17-16-27(5)35(34)43-24-33(45-37(39)26(3)4)22-41-30-14-10-7-11-15-30/h6-20,32-33H,1,3,21-24H2,2,4-5H3. The molecule has 0 radical (unpaired) electrons. The molecular weight excluding hydrogens is 572 g/mol. The fraction of sp³-hybridized carbons (Fsp3) is 0.243. The van der Waals surface area contributed by atoms with Crippen molar-refractivity contribution in [2.45, 2.75) is 33.0 Å². The van der Waals surface area contributed by atoms with Crippen LogP contribution in [-0.2, 0) is 19.1 Å². The first-order chi connectivity index (χ1) is 21.7. The van der Waals surface area contributed by atoms with Crippen LogP contribution in [0.15, 0.2) is 115 Å². The number of esters is 2. The van der Waals surface area contributed by atoms with E-state index in [-0.39, 0.29) is 37.6 Å². The van der Waals surface area contributed by atoms with Gasteiger partial charge in [-0.05, 0) is 74.2 Å². The van der Waals surface area contributed by atoms with Crippen molar-refractivity contribution < 1.29 is 38.0 Å². The van der Waals surface area contributed by atoms with Crippen molar-refractivity contribution in [1.29, 1.82) is 0 Å². The number of carbonyl (C=O) groups excluding carboxylic acids is 2. The van der Waals surface area contributed by atoms with E-state index in [1.807, 2.05) is 97.9 Å². The molecule has 4 aromatic rings. The molecule has 8 nitrogen and oxygen atoms in total. The highest BCUT2D eigenvalue weighted by molar-refractivity contribution is 5.91. The third-order valence-electron chi connectivity index (χ3n) is 6.59. The van der Waals surface area contributed by atoms with E-state index < -0.39 is 24.1 Å². The van der Waals surface area contributed by atoms with Gasteiger partial charge in [0.1, 0.15) is 49.4 Å². The van der Waals surface area contributed by atoms with Crippen LogP contribution >= 0.6 is 0 Å². The molecule has 45 heavy (non-hydrogen) atoms. The minimum atomic E-state index is -0.677. The Morgan fingerprint density at radius 3 is 1.56 bits per heavy atom. The van der Waals surface area contributed by atoms with Gasteiger partial charge in [0.05, 0.1) is 0 Å². The molecule has 2 atom stereocenters. The summed E-state index contributed by atoms with van der Waals surface area (Å²) in [6, 6.07) is 28.1.